The average Bonchev–Trinajstić information content (AvgIpc) is 2.45. The van der Waals surface area contributed by atoms with E-state index < -0.39 is 30.2 Å². The molecule has 1 aromatic rings. The van der Waals surface area contributed by atoms with Crippen molar-refractivity contribution >= 4 is 17.8 Å². The summed E-state index contributed by atoms with van der Waals surface area (Å²) in [6, 6.07) is 3.09. The van der Waals surface area contributed by atoms with Gasteiger partial charge in [0.1, 0.15) is 17.5 Å². The molecule has 0 bridgehead atoms. The molecule has 1 aromatic carbocycles. The highest BCUT2D eigenvalue weighted by Crippen LogP contribution is 2.23. The van der Waals surface area contributed by atoms with Gasteiger partial charge in [0.15, 0.2) is 0 Å². The second kappa shape index (κ2) is 7.13. The molecule has 1 atom stereocenters. The molecule has 0 aliphatic rings. The molecular weight excluding hydrogens is 280 g/mol. The van der Waals surface area contributed by atoms with Crippen LogP contribution in [0.25, 0.3) is 0 Å². The summed E-state index contributed by atoms with van der Waals surface area (Å²) in [6.07, 6.45) is -0.507. The largest absolute Gasteiger partial charge is 0.497 e. The third-order valence-electron chi connectivity index (χ3n) is 2.66. The van der Waals surface area contributed by atoms with E-state index in [-0.39, 0.29) is 11.3 Å². The molecule has 1 unspecified atom stereocenters. The van der Waals surface area contributed by atoms with Gasteiger partial charge in [-0.05, 0) is 18.2 Å². The zero-order chi connectivity index (χ0) is 16.0. The van der Waals surface area contributed by atoms with Crippen LogP contribution in [0.3, 0.4) is 0 Å². The Morgan fingerprint density at radius 2 is 1.95 bits per heavy atom. The number of carboxylic acid groups (broad SMARTS) is 1. The van der Waals surface area contributed by atoms with Crippen LogP contribution in [0.15, 0.2) is 18.2 Å². The topological polar surface area (TPSA) is 128 Å². The maximum absolute atomic E-state index is 12.1. The lowest BCUT2D eigenvalue weighted by Gasteiger charge is -2.15. The number of rotatable bonds is 7. The molecule has 4 N–H and O–H groups in total. The van der Waals surface area contributed by atoms with Gasteiger partial charge >= 0.3 is 5.97 Å². The van der Waals surface area contributed by atoms with Crippen molar-refractivity contribution in [1.29, 1.82) is 0 Å². The number of carbonyl (C=O) groups is 3. The first kappa shape index (κ1) is 16.3. The van der Waals surface area contributed by atoms with Crippen molar-refractivity contribution in [2.45, 2.75) is 12.5 Å². The number of carbonyl (C=O) groups excluding carboxylic acids is 2. The summed E-state index contributed by atoms with van der Waals surface area (Å²) in [5.41, 5.74) is 5.04. The molecule has 8 heteroatoms. The van der Waals surface area contributed by atoms with Crippen LogP contribution in [0, 0.1) is 0 Å². The Labute approximate surface area is 120 Å². The van der Waals surface area contributed by atoms with E-state index in [1.54, 1.807) is 6.07 Å². The maximum atomic E-state index is 12.1. The van der Waals surface area contributed by atoms with Crippen LogP contribution in [0.1, 0.15) is 16.8 Å². The Morgan fingerprint density at radius 1 is 1.29 bits per heavy atom. The monoisotopic (exact) mass is 296 g/mol. The fourth-order valence-electron chi connectivity index (χ4n) is 1.63. The number of aliphatic carboxylic acids is 1. The first-order chi connectivity index (χ1) is 9.88. The third kappa shape index (κ3) is 4.37. The summed E-state index contributed by atoms with van der Waals surface area (Å²) in [4.78, 5) is 33.9. The van der Waals surface area contributed by atoms with Gasteiger partial charge in [-0.15, -0.1) is 0 Å². The molecule has 114 valence electrons. The van der Waals surface area contributed by atoms with Crippen molar-refractivity contribution in [3.05, 3.63) is 23.8 Å². The Bertz CT molecular complexity index is 558. The predicted molar refractivity (Wildman–Crippen MR) is 72.2 cm³/mol. The van der Waals surface area contributed by atoms with Crippen molar-refractivity contribution in [3.63, 3.8) is 0 Å². The number of hydrogen-bond acceptors (Lipinski definition) is 5. The van der Waals surface area contributed by atoms with Crippen molar-refractivity contribution in [1.82, 2.24) is 5.32 Å². The van der Waals surface area contributed by atoms with E-state index in [9.17, 15) is 14.4 Å². The number of hydrogen-bond donors (Lipinski definition) is 3. The van der Waals surface area contributed by atoms with Crippen LogP contribution in [-0.4, -0.2) is 43.2 Å². The van der Waals surface area contributed by atoms with E-state index >= 15 is 0 Å². The summed E-state index contributed by atoms with van der Waals surface area (Å²) < 4.78 is 10.0. The van der Waals surface area contributed by atoms with E-state index in [2.05, 4.69) is 5.32 Å². The number of benzene rings is 1. The summed E-state index contributed by atoms with van der Waals surface area (Å²) >= 11 is 0. The Kier molecular flexibility index (Phi) is 5.53. The van der Waals surface area contributed by atoms with Gasteiger partial charge in [0.2, 0.25) is 5.91 Å². The standard InChI is InChI=1S/C13H16N2O6/c1-20-7-3-4-10(21-2)8(5-7)12(17)15-9(13(18)19)6-11(14)16/h3-5,9H,6H2,1-2H3,(H2,14,16)(H,15,17)(H,18,19). The second-order valence-corrected chi connectivity index (χ2v) is 4.10. The number of amides is 2. The fourth-order valence-corrected chi connectivity index (χ4v) is 1.63. The Balaban J connectivity index is 3.01. The minimum atomic E-state index is -1.41. The molecular formula is C13H16N2O6. The summed E-state index contributed by atoms with van der Waals surface area (Å²) in [7, 11) is 2.80. The lowest BCUT2D eigenvalue weighted by Crippen LogP contribution is -2.43. The van der Waals surface area contributed by atoms with Gasteiger partial charge in [0.05, 0.1) is 26.2 Å². The summed E-state index contributed by atoms with van der Waals surface area (Å²) in [5, 5.41) is 11.2. The zero-order valence-corrected chi connectivity index (χ0v) is 11.6. The van der Waals surface area contributed by atoms with Crippen LogP contribution in [0.5, 0.6) is 11.5 Å². The molecule has 8 nitrogen and oxygen atoms in total. The first-order valence-electron chi connectivity index (χ1n) is 5.93. The van der Waals surface area contributed by atoms with Crippen LogP contribution in [-0.2, 0) is 9.59 Å². The van der Waals surface area contributed by atoms with Crippen LogP contribution in [0.4, 0.5) is 0 Å². The molecule has 1 rings (SSSR count). The highest BCUT2D eigenvalue weighted by Gasteiger charge is 2.24. The fraction of sp³-hybridized carbons (Fsp3) is 0.308. The van der Waals surface area contributed by atoms with Gasteiger partial charge in [-0.1, -0.05) is 0 Å². The smallest absolute Gasteiger partial charge is 0.326 e. The predicted octanol–water partition coefficient (Wildman–Crippen LogP) is -0.238. The molecule has 0 fully saturated rings. The van der Waals surface area contributed by atoms with Crippen molar-refractivity contribution < 1.29 is 29.0 Å². The molecule has 0 aliphatic heterocycles. The molecule has 0 heterocycles. The molecule has 0 saturated carbocycles. The van der Waals surface area contributed by atoms with E-state index in [0.717, 1.165) is 0 Å². The third-order valence-corrected chi connectivity index (χ3v) is 2.66. The number of primary amides is 1. The minimum absolute atomic E-state index is 0.0903. The number of carboxylic acids is 1. The van der Waals surface area contributed by atoms with Crippen molar-refractivity contribution in [2.24, 2.45) is 5.73 Å². The highest BCUT2D eigenvalue weighted by atomic mass is 16.5. The Hall–Kier alpha value is -2.77. The van der Waals surface area contributed by atoms with Gasteiger partial charge in [-0.3, -0.25) is 9.59 Å². The molecule has 0 aliphatic carbocycles. The number of ether oxygens (including phenoxy) is 2. The molecule has 21 heavy (non-hydrogen) atoms. The number of methoxy groups -OCH3 is 2. The SMILES string of the molecule is COc1ccc(OC)c(C(=O)NC(CC(N)=O)C(=O)O)c1. The highest BCUT2D eigenvalue weighted by molar-refractivity contribution is 6.00. The number of nitrogens with two attached hydrogens (primary N) is 1. The average molecular weight is 296 g/mol. The zero-order valence-electron chi connectivity index (χ0n) is 11.6. The van der Waals surface area contributed by atoms with Gasteiger partial charge in [0.25, 0.3) is 5.91 Å². The quantitative estimate of drug-likeness (QED) is 0.637. The molecule has 0 spiro atoms. The molecule has 2 amide bonds. The first-order valence-corrected chi connectivity index (χ1v) is 5.93. The lowest BCUT2D eigenvalue weighted by molar-refractivity contribution is -0.140. The Morgan fingerprint density at radius 3 is 2.43 bits per heavy atom. The van der Waals surface area contributed by atoms with Gasteiger partial charge in [-0.2, -0.15) is 0 Å². The van der Waals surface area contributed by atoms with E-state index in [4.69, 9.17) is 20.3 Å². The lowest BCUT2D eigenvalue weighted by atomic mass is 10.1. The van der Waals surface area contributed by atoms with Crippen molar-refractivity contribution in [3.8, 4) is 11.5 Å². The van der Waals surface area contributed by atoms with E-state index in [1.165, 1.54) is 26.4 Å². The van der Waals surface area contributed by atoms with Gasteiger partial charge < -0.3 is 25.6 Å². The maximum Gasteiger partial charge on any atom is 0.326 e. The molecule has 0 aromatic heterocycles. The van der Waals surface area contributed by atoms with Crippen LogP contribution in [0.2, 0.25) is 0 Å². The van der Waals surface area contributed by atoms with Crippen LogP contribution >= 0.6 is 0 Å². The minimum Gasteiger partial charge on any atom is -0.497 e. The summed E-state index contributed by atoms with van der Waals surface area (Å²) in [6.45, 7) is 0. The van der Waals surface area contributed by atoms with Crippen LogP contribution < -0.4 is 20.5 Å². The van der Waals surface area contributed by atoms with E-state index in [1.807, 2.05) is 0 Å². The van der Waals surface area contributed by atoms with Gasteiger partial charge in [-0.25, -0.2) is 4.79 Å². The van der Waals surface area contributed by atoms with E-state index in [0.29, 0.717) is 5.75 Å². The van der Waals surface area contributed by atoms with Gasteiger partial charge in [0, 0.05) is 0 Å². The number of nitrogens with one attached hydrogen (secondary N) is 1. The second-order valence-electron chi connectivity index (χ2n) is 4.10. The van der Waals surface area contributed by atoms with Crippen molar-refractivity contribution in [2.75, 3.05) is 14.2 Å². The summed E-state index contributed by atoms with van der Waals surface area (Å²) in [5.74, 6) is -2.25. The molecule has 0 radical (unpaired) electrons. The molecule has 0 saturated heterocycles. The normalized spacial score (nSPS) is 11.3.